The van der Waals surface area contributed by atoms with Gasteiger partial charge in [-0.1, -0.05) is 32.0 Å². The van der Waals surface area contributed by atoms with Crippen LogP contribution in [0.15, 0.2) is 4.99 Å². The van der Waals surface area contributed by atoms with Gasteiger partial charge in [0.2, 0.25) is 0 Å². The zero-order chi connectivity index (χ0) is 11.6. The van der Waals surface area contributed by atoms with Crippen LogP contribution in [0, 0.1) is 5.41 Å². The molecule has 1 heterocycles. The predicted molar refractivity (Wildman–Crippen MR) is 73.1 cm³/mol. The van der Waals surface area contributed by atoms with Crippen molar-refractivity contribution in [1.29, 1.82) is 0 Å². The fourth-order valence-electron chi connectivity index (χ4n) is 2.56. The molecule has 1 N–H and O–H groups in total. The molecular formula is C13H24N2S. The molecule has 16 heavy (non-hydrogen) atoms. The molecule has 1 saturated heterocycles. The zero-order valence-electron chi connectivity index (χ0n) is 10.8. The van der Waals surface area contributed by atoms with Gasteiger partial charge in [-0.05, 0) is 38.0 Å². The number of aliphatic imine (C=N–C) groups is 1. The molecule has 0 radical (unpaired) electrons. The highest BCUT2D eigenvalue weighted by Crippen LogP contribution is 2.49. The highest BCUT2D eigenvalue weighted by atomic mass is 32.2. The number of hydrogen-bond acceptors (Lipinski definition) is 2. The Balaban J connectivity index is 1.87. The van der Waals surface area contributed by atoms with Crippen LogP contribution in [0.25, 0.3) is 0 Å². The third kappa shape index (κ3) is 3.16. The molecule has 2 nitrogen and oxygen atoms in total. The Labute approximate surface area is 104 Å². The summed E-state index contributed by atoms with van der Waals surface area (Å²) in [7, 11) is 0. The molecule has 1 aliphatic carbocycles. The summed E-state index contributed by atoms with van der Waals surface area (Å²) in [5.74, 6) is 0. The monoisotopic (exact) mass is 240 g/mol. The van der Waals surface area contributed by atoms with Crippen LogP contribution in [0.5, 0.6) is 0 Å². The van der Waals surface area contributed by atoms with Gasteiger partial charge in [0.25, 0.3) is 0 Å². The fourth-order valence-corrected chi connectivity index (χ4v) is 3.73. The number of rotatable bonds is 4. The Bertz CT molecular complexity index is 259. The lowest BCUT2D eigenvalue weighted by Crippen LogP contribution is -2.38. The molecule has 0 aromatic heterocycles. The minimum atomic E-state index is 0.591. The molecule has 2 unspecified atom stereocenters. The number of thioether (sulfide) groups is 1. The second-order valence-electron chi connectivity index (χ2n) is 5.58. The number of nitrogens with zero attached hydrogens (tertiary/aromatic N) is 1. The molecule has 2 rings (SSSR count). The SMILES string of the molecule is CCCC1(CN=C2NC(C)CC(C)S2)CC1. The Kier molecular flexibility index (Phi) is 3.83. The second-order valence-corrected chi connectivity index (χ2v) is 7.01. The molecule has 2 fully saturated rings. The first-order valence-corrected chi connectivity index (χ1v) is 7.49. The van der Waals surface area contributed by atoms with Crippen molar-refractivity contribution in [2.24, 2.45) is 10.4 Å². The van der Waals surface area contributed by atoms with Crippen LogP contribution in [0.2, 0.25) is 0 Å². The Morgan fingerprint density at radius 2 is 2.19 bits per heavy atom. The molecular weight excluding hydrogens is 216 g/mol. The Morgan fingerprint density at radius 1 is 1.44 bits per heavy atom. The third-order valence-electron chi connectivity index (χ3n) is 3.66. The van der Waals surface area contributed by atoms with Crippen molar-refractivity contribution in [3.8, 4) is 0 Å². The lowest BCUT2D eigenvalue weighted by molar-refractivity contribution is 0.471. The van der Waals surface area contributed by atoms with Gasteiger partial charge in [0.05, 0.1) is 0 Å². The summed E-state index contributed by atoms with van der Waals surface area (Å²) in [5.41, 5.74) is 0.591. The Morgan fingerprint density at radius 3 is 2.75 bits per heavy atom. The van der Waals surface area contributed by atoms with Gasteiger partial charge in [-0.2, -0.15) is 0 Å². The van der Waals surface area contributed by atoms with Crippen molar-refractivity contribution in [3.05, 3.63) is 0 Å². The van der Waals surface area contributed by atoms with Crippen LogP contribution in [-0.2, 0) is 0 Å². The van der Waals surface area contributed by atoms with E-state index < -0.39 is 0 Å². The normalized spacial score (nSPS) is 34.8. The van der Waals surface area contributed by atoms with Crippen molar-refractivity contribution in [2.75, 3.05) is 6.54 Å². The molecule has 0 bridgehead atoms. The first kappa shape index (κ1) is 12.3. The second kappa shape index (κ2) is 4.99. The molecule has 2 aliphatic rings. The summed E-state index contributed by atoms with van der Waals surface area (Å²) in [6.07, 6.45) is 6.71. The largest absolute Gasteiger partial charge is 0.362 e. The summed E-state index contributed by atoms with van der Waals surface area (Å²) < 4.78 is 0. The van der Waals surface area contributed by atoms with Crippen molar-refractivity contribution in [1.82, 2.24) is 5.32 Å². The van der Waals surface area contributed by atoms with Crippen LogP contribution >= 0.6 is 11.8 Å². The standard InChI is InChI=1S/C13H24N2S/c1-4-5-13(6-7-13)9-14-12-15-10(2)8-11(3)16-12/h10-11H,4-9H2,1-3H3,(H,14,15). The maximum atomic E-state index is 4.81. The quantitative estimate of drug-likeness (QED) is 0.814. The van der Waals surface area contributed by atoms with Crippen molar-refractivity contribution >= 4 is 16.9 Å². The first-order valence-electron chi connectivity index (χ1n) is 6.61. The molecule has 0 aromatic rings. The maximum absolute atomic E-state index is 4.81. The highest BCUT2D eigenvalue weighted by Gasteiger charge is 2.41. The van der Waals surface area contributed by atoms with E-state index in [1.807, 2.05) is 11.8 Å². The number of amidine groups is 1. The van der Waals surface area contributed by atoms with Gasteiger partial charge in [-0.3, -0.25) is 4.99 Å². The van der Waals surface area contributed by atoms with Gasteiger partial charge in [0.15, 0.2) is 5.17 Å². The van der Waals surface area contributed by atoms with Crippen LogP contribution in [-0.4, -0.2) is 23.0 Å². The average molecular weight is 240 g/mol. The number of hydrogen-bond donors (Lipinski definition) is 1. The van der Waals surface area contributed by atoms with Crippen molar-refractivity contribution in [2.45, 2.75) is 64.2 Å². The summed E-state index contributed by atoms with van der Waals surface area (Å²) in [6.45, 7) is 7.89. The first-order chi connectivity index (χ1) is 7.63. The van der Waals surface area contributed by atoms with Crippen LogP contribution in [0.1, 0.15) is 52.9 Å². The fraction of sp³-hybridized carbons (Fsp3) is 0.923. The van der Waals surface area contributed by atoms with E-state index in [4.69, 9.17) is 4.99 Å². The topological polar surface area (TPSA) is 24.4 Å². The minimum absolute atomic E-state index is 0.591. The Hall–Kier alpha value is -0.180. The van der Waals surface area contributed by atoms with E-state index in [1.165, 1.54) is 37.3 Å². The highest BCUT2D eigenvalue weighted by molar-refractivity contribution is 8.14. The molecule has 1 saturated carbocycles. The van der Waals surface area contributed by atoms with Crippen LogP contribution in [0.3, 0.4) is 0 Å². The summed E-state index contributed by atoms with van der Waals surface area (Å²) in [4.78, 5) is 4.81. The summed E-state index contributed by atoms with van der Waals surface area (Å²) in [5, 5.41) is 5.41. The van der Waals surface area contributed by atoms with Gasteiger partial charge in [0, 0.05) is 17.8 Å². The lowest BCUT2D eigenvalue weighted by Gasteiger charge is -2.27. The van der Waals surface area contributed by atoms with E-state index in [1.54, 1.807) is 0 Å². The average Bonchev–Trinajstić information content (AvgIpc) is 2.95. The third-order valence-corrected chi connectivity index (χ3v) is 4.73. The van der Waals surface area contributed by atoms with E-state index in [-0.39, 0.29) is 0 Å². The van der Waals surface area contributed by atoms with Gasteiger partial charge in [0.1, 0.15) is 0 Å². The number of nitrogens with one attached hydrogen (secondary N) is 1. The summed E-state index contributed by atoms with van der Waals surface area (Å²) >= 11 is 1.92. The molecule has 1 aliphatic heterocycles. The van der Waals surface area contributed by atoms with E-state index in [0.29, 0.717) is 11.5 Å². The minimum Gasteiger partial charge on any atom is -0.362 e. The van der Waals surface area contributed by atoms with E-state index in [0.717, 1.165) is 11.8 Å². The molecule has 0 amide bonds. The molecule has 3 heteroatoms. The molecule has 2 atom stereocenters. The molecule has 0 spiro atoms. The summed E-state index contributed by atoms with van der Waals surface area (Å²) in [6, 6.07) is 0.594. The van der Waals surface area contributed by atoms with E-state index >= 15 is 0 Å². The van der Waals surface area contributed by atoms with Crippen molar-refractivity contribution in [3.63, 3.8) is 0 Å². The van der Waals surface area contributed by atoms with Gasteiger partial charge in [-0.15, -0.1) is 0 Å². The smallest absolute Gasteiger partial charge is 0.157 e. The zero-order valence-corrected chi connectivity index (χ0v) is 11.6. The van der Waals surface area contributed by atoms with E-state index in [9.17, 15) is 0 Å². The molecule has 92 valence electrons. The van der Waals surface area contributed by atoms with E-state index in [2.05, 4.69) is 26.1 Å². The van der Waals surface area contributed by atoms with Gasteiger partial charge < -0.3 is 5.32 Å². The van der Waals surface area contributed by atoms with Gasteiger partial charge >= 0.3 is 0 Å². The van der Waals surface area contributed by atoms with Crippen LogP contribution in [0.4, 0.5) is 0 Å². The molecule has 0 aromatic carbocycles. The predicted octanol–water partition coefficient (Wildman–Crippen LogP) is 3.43. The van der Waals surface area contributed by atoms with Gasteiger partial charge in [-0.25, -0.2) is 0 Å². The maximum Gasteiger partial charge on any atom is 0.157 e. The lowest BCUT2D eigenvalue weighted by atomic mass is 10.0. The van der Waals surface area contributed by atoms with Crippen LogP contribution < -0.4 is 5.32 Å². The van der Waals surface area contributed by atoms with Crippen molar-refractivity contribution < 1.29 is 0 Å².